The number of rotatable bonds is 9. The van der Waals surface area contributed by atoms with Crippen LogP contribution in [0, 0.1) is 35.0 Å². The third kappa shape index (κ3) is 6.86. The van der Waals surface area contributed by atoms with Crippen molar-refractivity contribution in [1.29, 1.82) is 5.26 Å². The second-order valence-corrected chi connectivity index (χ2v) is 13.7. The van der Waals surface area contributed by atoms with Crippen molar-refractivity contribution < 1.29 is 0 Å². The first-order chi connectivity index (χ1) is 11.2. The van der Waals surface area contributed by atoms with Gasteiger partial charge in [-0.15, -0.1) is 0 Å². The van der Waals surface area contributed by atoms with E-state index in [4.69, 9.17) is 5.26 Å². The molecule has 1 rings (SSSR count). The van der Waals surface area contributed by atoms with Gasteiger partial charge < -0.3 is 4.57 Å². The Morgan fingerprint density at radius 1 is 0.875 bits per heavy atom. The third-order valence-corrected chi connectivity index (χ3v) is 11.5. The lowest BCUT2D eigenvalue weighted by Gasteiger charge is -2.50. The molecule has 0 saturated carbocycles. The Hall–Kier alpha value is -0.373. The van der Waals surface area contributed by atoms with E-state index in [2.05, 4.69) is 64.0 Å². The molecule has 140 valence electrons. The zero-order chi connectivity index (χ0) is 18.3. The Bertz CT molecular complexity index is 374. The van der Waals surface area contributed by atoms with Gasteiger partial charge in [0.05, 0.1) is 12.0 Å². The smallest absolute Gasteiger partial charge is 0.130 e. The zero-order valence-electron chi connectivity index (χ0n) is 17.3. The van der Waals surface area contributed by atoms with Crippen molar-refractivity contribution in [3.05, 3.63) is 0 Å². The number of hydrogen-bond donors (Lipinski definition) is 0. The normalized spacial score (nSPS) is 19.2. The highest BCUT2D eigenvalue weighted by atomic mass is 28.3. The fourth-order valence-corrected chi connectivity index (χ4v) is 11.7. The maximum atomic E-state index is 9.17. The molecule has 1 saturated heterocycles. The largest absolute Gasteiger partial charge is 0.311 e. The van der Waals surface area contributed by atoms with Crippen LogP contribution in [0.5, 0.6) is 0 Å². The molecule has 1 heterocycles. The van der Waals surface area contributed by atoms with Crippen LogP contribution in [0.3, 0.4) is 0 Å². The lowest BCUT2D eigenvalue weighted by molar-refractivity contribution is 0.128. The Kier molecular flexibility index (Phi) is 8.98. The number of nitrogens with zero attached hydrogens (tertiary/aromatic N) is 3. The highest BCUT2D eigenvalue weighted by Gasteiger charge is 2.42. The van der Waals surface area contributed by atoms with Crippen molar-refractivity contribution in [3.8, 4) is 6.07 Å². The Morgan fingerprint density at radius 2 is 1.38 bits per heavy atom. The van der Waals surface area contributed by atoms with Crippen LogP contribution in [-0.4, -0.2) is 44.0 Å². The molecular weight excluding hydrogens is 310 g/mol. The van der Waals surface area contributed by atoms with Crippen LogP contribution in [-0.2, 0) is 0 Å². The van der Waals surface area contributed by atoms with Crippen LogP contribution in [0.1, 0.15) is 54.9 Å². The summed E-state index contributed by atoms with van der Waals surface area (Å²) in [5, 5.41) is 9.17. The van der Waals surface area contributed by atoms with Gasteiger partial charge in [0.1, 0.15) is 8.24 Å². The molecule has 0 aromatic heterocycles. The van der Waals surface area contributed by atoms with Crippen molar-refractivity contribution in [2.45, 2.75) is 73.0 Å². The average molecular weight is 352 g/mol. The summed E-state index contributed by atoms with van der Waals surface area (Å²) in [7, 11) is -1.48. The van der Waals surface area contributed by atoms with Crippen molar-refractivity contribution in [2.24, 2.45) is 23.7 Å². The molecule has 0 amide bonds. The maximum absolute atomic E-state index is 9.17. The van der Waals surface area contributed by atoms with Gasteiger partial charge in [-0.3, -0.25) is 4.90 Å². The zero-order valence-corrected chi connectivity index (χ0v) is 18.3. The summed E-state index contributed by atoms with van der Waals surface area (Å²) in [5.74, 6) is 2.48. The minimum absolute atomic E-state index is 0.140. The van der Waals surface area contributed by atoms with Crippen LogP contribution in [0.15, 0.2) is 0 Å². The van der Waals surface area contributed by atoms with Gasteiger partial charge in [0, 0.05) is 19.8 Å². The van der Waals surface area contributed by atoms with Crippen LogP contribution >= 0.6 is 0 Å². The van der Waals surface area contributed by atoms with E-state index in [9.17, 15) is 0 Å². The van der Waals surface area contributed by atoms with Gasteiger partial charge in [-0.05, 0) is 55.8 Å². The van der Waals surface area contributed by atoms with Crippen LogP contribution in [0.25, 0.3) is 0 Å². The fourth-order valence-electron chi connectivity index (χ4n) is 4.75. The molecule has 1 unspecified atom stereocenters. The van der Waals surface area contributed by atoms with E-state index in [-0.39, 0.29) is 5.92 Å². The molecular formula is C20H41N3Si. The maximum Gasteiger partial charge on any atom is 0.130 e. The summed E-state index contributed by atoms with van der Waals surface area (Å²) in [5.41, 5.74) is 0. The van der Waals surface area contributed by atoms with E-state index in [1.165, 1.54) is 31.1 Å². The SMILES string of the molecule is CC(C)C[Si](CC(C)C)(CC(C)C)N1CCCN(CC(C)C#N)C1. The first kappa shape index (κ1) is 21.7. The molecule has 0 aromatic rings. The molecule has 0 bridgehead atoms. The molecule has 1 fully saturated rings. The minimum Gasteiger partial charge on any atom is -0.311 e. The molecule has 1 aliphatic heterocycles. The van der Waals surface area contributed by atoms with Crippen LogP contribution in [0.4, 0.5) is 0 Å². The van der Waals surface area contributed by atoms with Gasteiger partial charge in [-0.2, -0.15) is 5.26 Å². The molecule has 0 radical (unpaired) electrons. The van der Waals surface area contributed by atoms with Gasteiger partial charge in [-0.25, -0.2) is 0 Å². The van der Waals surface area contributed by atoms with Crippen molar-refractivity contribution >= 4 is 8.24 Å². The summed E-state index contributed by atoms with van der Waals surface area (Å²) in [4.78, 5) is 2.54. The lowest BCUT2D eigenvalue weighted by Crippen LogP contribution is -2.61. The molecule has 0 spiro atoms. The van der Waals surface area contributed by atoms with Gasteiger partial charge in [0.25, 0.3) is 0 Å². The van der Waals surface area contributed by atoms with Gasteiger partial charge in [0.15, 0.2) is 0 Å². The predicted molar refractivity (Wildman–Crippen MR) is 107 cm³/mol. The van der Waals surface area contributed by atoms with Crippen molar-refractivity contribution in [2.75, 3.05) is 26.3 Å². The molecule has 0 N–H and O–H groups in total. The van der Waals surface area contributed by atoms with Crippen LogP contribution in [0.2, 0.25) is 18.1 Å². The lowest BCUT2D eigenvalue weighted by atomic mass is 10.2. The molecule has 1 aliphatic rings. The molecule has 0 aliphatic carbocycles. The van der Waals surface area contributed by atoms with E-state index < -0.39 is 8.24 Å². The van der Waals surface area contributed by atoms with E-state index in [0.29, 0.717) is 0 Å². The Labute approximate surface area is 152 Å². The third-order valence-electron chi connectivity index (χ3n) is 5.06. The molecule has 1 atom stereocenters. The fraction of sp³-hybridized carbons (Fsp3) is 0.950. The average Bonchev–Trinajstić information content (AvgIpc) is 2.45. The molecule has 4 heteroatoms. The number of nitriles is 1. The summed E-state index contributed by atoms with van der Waals surface area (Å²) < 4.78 is 2.92. The Balaban J connectivity index is 2.99. The topological polar surface area (TPSA) is 30.3 Å². The summed E-state index contributed by atoms with van der Waals surface area (Å²) in [6.07, 6.45) is 1.27. The first-order valence-electron chi connectivity index (χ1n) is 10.1. The highest BCUT2D eigenvalue weighted by molar-refractivity contribution is 6.77. The minimum atomic E-state index is -1.48. The summed E-state index contributed by atoms with van der Waals surface area (Å²) in [6.45, 7) is 21.0. The van der Waals surface area contributed by atoms with Gasteiger partial charge in [-0.1, -0.05) is 41.5 Å². The van der Waals surface area contributed by atoms with Gasteiger partial charge in [0.2, 0.25) is 0 Å². The highest BCUT2D eigenvalue weighted by Crippen LogP contribution is 2.36. The van der Waals surface area contributed by atoms with Crippen molar-refractivity contribution in [3.63, 3.8) is 0 Å². The number of hydrogen-bond acceptors (Lipinski definition) is 3. The van der Waals surface area contributed by atoms with Crippen molar-refractivity contribution in [1.82, 2.24) is 9.47 Å². The van der Waals surface area contributed by atoms with E-state index >= 15 is 0 Å². The monoisotopic (exact) mass is 351 g/mol. The first-order valence-corrected chi connectivity index (χ1v) is 12.6. The van der Waals surface area contributed by atoms with Crippen LogP contribution < -0.4 is 0 Å². The van der Waals surface area contributed by atoms with E-state index in [1.807, 2.05) is 0 Å². The molecule has 24 heavy (non-hydrogen) atoms. The summed E-state index contributed by atoms with van der Waals surface area (Å²) >= 11 is 0. The van der Waals surface area contributed by atoms with E-state index in [0.717, 1.165) is 37.5 Å². The molecule has 3 nitrogen and oxygen atoms in total. The second-order valence-electron chi connectivity index (χ2n) is 9.38. The summed E-state index contributed by atoms with van der Waals surface area (Å²) in [6, 6.07) is 6.68. The van der Waals surface area contributed by atoms with Gasteiger partial charge >= 0.3 is 0 Å². The second kappa shape index (κ2) is 9.94. The van der Waals surface area contributed by atoms with E-state index in [1.54, 1.807) is 0 Å². The quantitative estimate of drug-likeness (QED) is 0.546. The molecule has 0 aromatic carbocycles. The Morgan fingerprint density at radius 3 is 1.79 bits per heavy atom. The standard InChI is InChI=1S/C20H41N3Si/c1-17(2)13-24(14-18(3)4,15-19(5)6)23-10-8-9-22(16-23)12-20(7)11-21/h17-20H,8-10,12-16H2,1-7H3. The predicted octanol–water partition coefficient (Wildman–Crippen LogP) is 5.02.